The molecule has 3 nitrogen and oxygen atoms in total. The zero-order chi connectivity index (χ0) is 13.0. The first-order valence-electron chi connectivity index (χ1n) is 5.46. The molecule has 1 aromatic rings. The molecule has 1 rings (SSSR count). The van der Waals surface area contributed by atoms with Gasteiger partial charge in [0.15, 0.2) is 0 Å². The van der Waals surface area contributed by atoms with Crippen molar-refractivity contribution in [1.29, 1.82) is 0 Å². The fourth-order valence-corrected chi connectivity index (χ4v) is 2.08. The lowest BCUT2D eigenvalue weighted by atomic mass is 10.1. The van der Waals surface area contributed by atoms with Crippen LogP contribution >= 0.6 is 31.9 Å². The molecule has 0 aliphatic heterocycles. The van der Waals surface area contributed by atoms with Gasteiger partial charge in [-0.05, 0) is 62.9 Å². The van der Waals surface area contributed by atoms with E-state index in [1.807, 2.05) is 25.1 Å². The average molecular weight is 364 g/mol. The average Bonchev–Trinajstić information content (AvgIpc) is 2.29. The minimum absolute atomic E-state index is 0.245. The lowest BCUT2D eigenvalue weighted by Gasteiger charge is -2.20. The van der Waals surface area contributed by atoms with E-state index in [1.165, 1.54) is 0 Å². The number of benzene rings is 1. The van der Waals surface area contributed by atoms with Crippen LogP contribution in [0, 0.1) is 0 Å². The molecule has 0 fully saturated rings. The highest BCUT2D eigenvalue weighted by Crippen LogP contribution is 2.26. The number of rotatable bonds is 5. The van der Waals surface area contributed by atoms with Crippen LogP contribution in [-0.4, -0.2) is 11.9 Å². The molecule has 0 radical (unpaired) electrons. The second-order valence-corrected chi connectivity index (χ2v) is 5.69. The summed E-state index contributed by atoms with van der Waals surface area (Å²) in [5, 5.41) is 3.22. The maximum absolute atomic E-state index is 11.5. The van der Waals surface area contributed by atoms with E-state index in [-0.39, 0.29) is 11.9 Å². The summed E-state index contributed by atoms with van der Waals surface area (Å²) >= 11 is 6.82. The summed E-state index contributed by atoms with van der Waals surface area (Å²) in [5.41, 5.74) is 6.30. The van der Waals surface area contributed by atoms with E-state index >= 15 is 0 Å². The van der Waals surface area contributed by atoms with Crippen molar-refractivity contribution in [3.63, 3.8) is 0 Å². The van der Waals surface area contributed by atoms with Gasteiger partial charge < -0.3 is 5.73 Å². The first kappa shape index (κ1) is 14.7. The van der Waals surface area contributed by atoms with E-state index in [0.717, 1.165) is 20.9 Å². The van der Waals surface area contributed by atoms with Gasteiger partial charge in [-0.25, -0.2) is 0 Å². The molecule has 94 valence electrons. The molecule has 0 aliphatic carbocycles. The second kappa shape index (κ2) is 6.52. The van der Waals surface area contributed by atoms with Gasteiger partial charge in [-0.1, -0.05) is 13.0 Å². The van der Waals surface area contributed by atoms with E-state index in [0.29, 0.717) is 0 Å². The fraction of sp³-hybridized carbons (Fsp3) is 0.417. The minimum Gasteiger partial charge on any atom is -0.368 e. The maximum atomic E-state index is 11.5. The van der Waals surface area contributed by atoms with Crippen molar-refractivity contribution in [2.75, 3.05) is 0 Å². The Labute approximate surface area is 118 Å². The zero-order valence-corrected chi connectivity index (χ0v) is 13.0. The van der Waals surface area contributed by atoms with E-state index < -0.39 is 6.04 Å². The fourth-order valence-electron chi connectivity index (χ4n) is 1.44. The van der Waals surface area contributed by atoms with E-state index in [4.69, 9.17) is 5.73 Å². The Kier molecular flexibility index (Phi) is 5.62. The highest BCUT2D eigenvalue weighted by molar-refractivity contribution is 9.13. The van der Waals surface area contributed by atoms with Gasteiger partial charge in [0.2, 0.25) is 5.91 Å². The number of amides is 1. The van der Waals surface area contributed by atoms with Gasteiger partial charge in [-0.3, -0.25) is 10.1 Å². The zero-order valence-electron chi connectivity index (χ0n) is 9.84. The van der Waals surface area contributed by atoms with Gasteiger partial charge in [-0.15, -0.1) is 0 Å². The Bertz CT molecular complexity index is 409. The molecule has 1 aromatic carbocycles. The number of halogens is 2. The maximum Gasteiger partial charge on any atom is 0.239 e. The molecule has 3 N–H and O–H groups in total. The number of carbonyl (C=O) groups is 1. The Morgan fingerprint density at radius 1 is 1.41 bits per heavy atom. The number of hydrogen-bond acceptors (Lipinski definition) is 2. The largest absolute Gasteiger partial charge is 0.368 e. The van der Waals surface area contributed by atoms with E-state index in [2.05, 4.69) is 44.1 Å². The van der Waals surface area contributed by atoms with Crippen molar-refractivity contribution in [3.8, 4) is 0 Å². The van der Waals surface area contributed by atoms with Gasteiger partial charge in [0, 0.05) is 15.0 Å². The van der Waals surface area contributed by atoms with Gasteiger partial charge >= 0.3 is 0 Å². The number of nitrogens with two attached hydrogens (primary N) is 1. The van der Waals surface area contributed by atoms with Gasteiger partial charge in [-0.2, -0.15) is 0 Å². The van der Waals surface area contributed by atoms with Gasteiger partial charge in [0.05, 0.1) is 0 Å². The third kappa shape index (κ3) is 4.08. The second-order valence-electron chi connectivity index (χ2n) is 3.98. The monoisotopic (exact) mass is 362 g/mol. The lowest BCUT2D eigenvalue weighted by Crippen LogP contribution is -2.38. The summed E-state index contributed by atoms with van der Waals surface area (Å²) in [6.07, 6.45) is 0.946. The van der Waals surface area contributed by atoms with Crippen LogP contribution in [-0.2, 0) is 4.79 Å². The molecule has 1 amide bonds. The Balaban J connectivity index is 2.97. The molecule has 0 saturated heterocycles. The van der Waals surface area contributed by atoms with Gasteiger partial charge in [0.25, 0.3) is 0 Å². The number of primary amides is 1. The SMILES string of the molecule is CCC(C)NC(C(N)=O)c1ccc(Br)c(Br)c1. The highest BCUT2D eigenvalue weighted by atomic mass is 79.9. The molecular weight excluding hydrogens is 348 g/mol. The smallest absolute Gasteiger partial charge is 0.239 e. The van der Waals surface area contributed by atoms with Crippen LogP contribution in [0.1, 0.15) is 31.9 Å². The normalized spacial score (nSPS) is 14.4. The first-order chi connectivity index (χ1) is 7.95. The van der Waals surface area contributed by atoms with Crippen LogP contribution in [0.3, 0.4) is 0 Å². The molecule has 0 spiro atoms. The molecule has 2 atom stereocenters. The quantitative estimate of drug-likeness (QED) is 0.844. The Hall–Kier alpha value is -0.390. The third-order valence-corrected chi connectivity index (χ3v) is 4.50. The summed E-state index contributed by atoms with van der Waals surface area (Å²) in [4.78, 5) is 11.5. The van der Waals surface area contributed by atoms with Crippen molar-refractivity contribution < 1.29 is 4.79 Å². The molecule has 0 saturated carbocycles. The van der Waals surface area contributed by atoms with Crippen LogP contribution in [0.5, 0.6) is 0 Å². The Morgan fingerprint density at radius 2 is 2.06 bits per heavy atom. The summed E-state index contributed by atoms with van der Waals surface area (Å²) in [6.45, 7) is 4.09. The molecule has 17 heavy (non-hydrogen) atoms. The summed E-state index contributed by atoms with van der Waals surface area (Å²) in [5.74, 6) is -0.362. The summed E-state index contributed by atoms with van der Waals surface area (Å²) in [6, 6.07) is 5.48. The molecule has 0 aliphatic rings. The number of carbonyl (C=O) groups excluding carboxylic acids is 1. The first-order valence-corrected chi connectivity index (χ1v) is 7.04. The molecule has 2 unspecified atom stereocenters. The lowest BCUT2D eigenvalue weighted by molar-refractivity contribution is -0.120. The molecular formula is C12H16Br2N2O. The minimum atomic E-state index is -0.450. The van der Waals surface area contributed by atoms with Crippen LogP contribution in [0.15, 0.2) is 27.1 Å². The number of nitrogens with one attached hydrogen (secondary N) is 1. The predicted molar refractivity (Wildman–Crippen MR) is 76.7 cm³/mol. The highest BCUT2D eigenvalue weighted by Gasteiger charge is 2.19. The van der Waals surface area contributed by atoms with Crippen LogP contribution in [0.2, 0.25) is 0 Å². The van der Waals surface area contributed by atoms with Crippen molar-refractivity contribution in [3.05, 3.63) is 32.7 Å². The van der Waals surface area contributed by atoms with Crippen LogP contribution in [0.25, 0.3) is 0 Å². The third-order valence-electron chi connectivity index (χ3n) is 2.63. The summed E-state index contributed by atoms with van der Waals surface area (Å²) in [7, 11) is 0. The van der Waals surface area contributed by atoms with E-state index in [9.17, 15) is 4.79 Å². The van der Waals surface area contributed by atoms with Crippen molar-refractivity contribution in [1.82, 2.24) is 5.32 Å². The van der Waals surface area contributed by atoms with E-state index in [1.54, 1.807) is 0 Å². The van der Waals surface area contributed by atoms with Gasteiger partial charge in [0.1, 0.15) is 6.04 Å². The summed E-state index contributed by atoms with van der Waals surface area (Å²) < 4.78 is 1.86. The van der Waals surface area contributed by atoms with Crippen LogP contribution in [0.4, 0.5) is 0 Å². The standard InChI is InChI=1S/C12H16Br2N2O/c1-3-7(2)16-11(12(15)17)8-4-5-9(13)10(14)6-8/h4-7,11,16H,3H2,1-2H3,(H2,15,17). The van der Waals surface area contributed by atoms with Crippen molar-refractivity contribution in [2.24, 2.45) is 5.73 Å². The Morgan fingerprint density at radius 3 is 2.53 bits per heavy atom. The van der Waals surface area contributed by atoms with Crippen LogP contribution < -0.4 is 11.1 Å². The van der Waals surface area contributed by atoms with Crippen molar-refractivity contribution >= 4 is 37.8 Å². The molecule has 0 bridgehead atoms. The molecule has 5 heteroatoms. The topological polar surface area (TPSA) is 55.1 Å². The predicted octanol–water partition coefficient (Wildman–Crippen LogP) is 3.13. The molecule has 0 aromatic heterocycles. The molecule has 0 heterocycles. The number of hydrogen-bond donors (Lipinski definition) is 2. The van der Waals surface area contributed by atoms with Crippen molar-refractivity contribution in [2.45, 2.75) is 32.4 Å².